The second-order valence-corrected chi connectivity index (χ2v) is 9.84. The molecule has 1 fully saturated rings. The van der Waals surface area contributed by atoms with E-state index < -0.39 is 16.1 Å². The van der Waals surface area contributed by atoms with Crippen molar-refractivity contribution in [3.8, 4) is 0 Å². The standard InChI is InChI=1S/C22H28ClN3O3S/c1-3-21(26(30(2,28)29)20-11-7-17(23)8-12-20)22(27)24-18-9-13-19(14-10-18)25-15-5-4-6-16-25/h7-14,21H,3-6,15-16H2,1-2H3,(H,24,27)/t21-/m1/s1. The van der Waals surface area contributed by atoms with Gasteiger partial charge in [-0.05, 0) is 74.2 Å². The molecule has 1 saturated heterocycles. The number of hydrogen-bond acceptors (Lipinski definition) is 4. The molecule has 0 radical (unpaired) electrons. The summed E-state index contributed by atoms with van der Waals surface area (Å²) in [5.74, 6) is -0.372. The molecule has 0 unspecified atom stereocenters. The molecule has 2 aromatic carbocycles. The molecule has 6 nitrogen and oxygen atoms in total. The van der Waals surface area contributed by atoms with Gasteiger partial charge in [-0.25, -0.2) is 8.42 Å². The third-order valence-corrected chi connectivity index (χ3v) is 6.70. The first kappa shape index (κ1) is 22.4. The van der Waals surface area contributed by atoms with Crippen molar-refractivity contribution in [1.82, 2.24) is 0 Å². The fraction of sp³-hybridized carbons (Fsp3) is 0.409. The zero-order valence-corrected chi connectivity index (χ0v) is 18.9. The number of piperidine rings is 1. The second-order valence-electron chi connectivity index (χ2n) is 7.54. The summed E-state index contributed by atoms with van der Waals surface area (Å²) in [6, 6.07) is 13.3. The van der Waals surface area contributed by atoms with Crippen LogP contribution in [0.5, 0.6) is 0 Å². The molecule has 1 aliphatic heterocycles. The molecular formula is C22H28ClN3O3S. The highest BCUT2D eigenvalue weighted by Gasteiger charge is 2.31. The van der Waals surface area contributed by atoms with Crippen molar-refractivity contribution < 1.29 is 13.2 Å². The third kappa shape index (κ3) is 5.46. The average molecular weight is 450 g/mol. The minimum absolute atomic E-state index is 0.327. The van der Waals surface area contributed by atoms with E-state index in [0.717, 1.165) is 29.3 Å². The molecule has 1 heterocycles. The predicted octanol–water partition coefficient (Wildman–Crippen LogP) is 4.51. The van der Waals surface area contributed by atoms with Gasteiger partial charge >= 0.3 is 0 Å². The normalized spacial score (nSPS) is 15.5. The molecule has 0 spiro atoms. The minimum Gasteiger partial charge on any atom is -0.372 e. The molecule has 0 saturated carbocycles. The Bertz CT molecular complexity index is 956. The number of amides is 1. The molecule has 0 aliphatic carbocycles. The number of sulfonamides is 1. The molecule has 1 N–H and O–H groups in total. The maximum absolute atomic E-state index is 13.0. The number of rotatable bonds is 7. The molecule has 1 amide bonds. The van der Waals surface area contributed by atoms with E-state index in [9.17, 15) is 13.2 Å². The Hall–Kier alpha value is -2.25. The first-order chi connectivity index (χ1) is 14.3. The number of hydrogen-bond donors (Lipinski definition) is 1. The van der Waals surface area contributed by atoms with E-state index in [2.05, 4.69) is 10.2 Å². The highest BCUT2D eigenvalue weighted by Crippen LogP contribution is 2.26. The molecule has 0 bridgehead atoms. The molecule has 1 aliphatic rings. The monoisotopic (exact) mass is 449 g/mol. The highest BCUT2D eigenvalue weighted by molar-refractivity contribution is 7.92. The van der Waals surface area contributed by atoms with E-state index in [1.54, 1.807) is 31.2 Å². The van der Waals surface area contributed by atoms with Crippen molar-refractivity contribution in [1.29, 1.82) is 0 Å². The van der Waals surface area contributed by atoms with Crippen LogP contribution in [0, 0.1) is 0 Å². The van der Waals surface area contributed by atoms with Gasteiger partial charge in [-0.15, -0.1) is 0 Å². The van der Waals surface area contributed by atoms with Gasteiger partial charge in [0.2, 0.25) is 15.9 Å². The number of carbonyl (C=O) groups excluding carboxylic acids is 1. The number of anilines is 3. The van der Waals surface area contributed by atoms with Crippen molar-refractivity contribution in [2.75, 3.05) is 33.9 Å². The van der Waals surface area contributed by atoms with E-state index in [-0.39, 0.29) is 5.91 Å². The Morgan fingerprint density at radius 2 is 1.67 bits per heavy atom. The van der Waals surface area contributed by atoms with Crippen LogP contribution < -0.4 is 14.5 Å². The van der Waals surface area contributed by atoms with Crippen LogP contribution in [-0.2, 0) is 14.8 Å². The lowest BCUT2D eigenvalue weighted by Gasteiger charge is -2.30. The van der Waals surface area contributed by atoms with Crippen LogP contribution in [0.4, 0.5) is 17.1 Å². The maximum atomic E-state index is 13.0. The number of nitrogens with zero attached hydrogens (tertiary/aromatic N) is 2. The number of benzene rings is 2. The van der Waals surface area contributed by atoms with Crippen LogP contribution in [-0.4, -0.2) is 39.7 Å². The number of nitrogens with one attached hydrogen (secondary N) is 1. The summed E-state index contributed by atoms with van der Waals surface area (Å²) in [6.45, 7) is 3.89. The number of carbonyl (C=O) groups is 1. The Kier molecular flexibility index (Phi) is 7.26. The predicted molar refractivity (Wildman–Crippen MR) is 124 cm³/mol. The van der Waals surface area contributed by atoms with Crippen molar-refractivity contribution in [3.63, 3.8) is 0 Å². The van der Waals surface area contributed by atoms with Gasteiger partial charge in [-0.3, -0.25) is 9.10 Å². The van der Waals surface area contributed by atoms with E-state index in [4.69, 9.17) is 11.6 Å². The van der Waals surface area contributed by atoms with Crippen LogP contribution in [0.2, 0.25) is 5.02 Å². The maximum Gasteiger partial charge on any atom is 0.248 e. The Labute approximate surface area is 183 Å². The molecule has 2 aromatic rings. The Balaban J connectivity index is 1.77. The Morgan fingerprint density at radius 3 is 2.20 bits per heavy atom. The van der Waals surface area contributed by atoms with E-state index in [0.29, 0.717) is 22.8 Å². The lowest BCUT2D eigenvalue weighted by molar-refractivity contribution is -0.117. The lowest BCUT2D eigenvalue weighted by Crippen LogP contribution is -2.47. The summed E-state index contributed by atoms with van der Waals surface area (Å²) in [7, 11) is -3.68. The molecular weight excluding hydrogens is 422 g/mol. The summed E-state index contributed by atoms with van der Waals surface area (Å²) in [6.07, 6.45) is 5.09. The van der Waals surface area contributed by atoms with Crippen molar-refractivity contribution in [3.05, 3.63) is 53.6 Å². The lowest BCUT2D eigenvalue weighted by atomic mass is 10.1. The zero-order chi connectivity index (χ0) is 21.7. The molecule has 162 valence electrons. The van der Waals surface area contributed by atoms with Crippen molar-refractivity contribution in [2.45, 2.75) is 38.6 Å². The summed E-state index contributed by atoms with van der Waals surface area (Å²) in [5.41, 5.74) is 2.19. The first-order valence-corrected chi connectivity index (χ1v) is 12.4. The second kappa shape index (κ2) is 9.71. The Morgan fingerprint density at radius 1 is 1.07 bits per heavy atom. The van der Waals surface area contributed by atoms with Gasteiger partial charge < -0.3 is 10.2 Å². The smallest absolute Gasteiger partial charge is 0.248 e. The van der Waals surface area contributed by atoms with Crippen molar-refractivity contribution >= 4 is 44.6 Å². The van der Waals surface area contributed by atoms with Crippen LogP contribution >= 0.6 is 11.6 Å². The summed E-state index contributed by atoms with van der Waals surface area (Å²) in [5, 5.41) is 3.37. The first-order valence-electron chi connectivity index (χ1n) is 10.2. The van der Waals surface area contributed by atoms with Gasteiger partial charge in [0, 0.05) is 29.5 Å². The van der Waals surface area contributed by atoms with Crippen LogP contribution in [0.25, 0.3) is 0 Å². The molecule has 1 atom stereocenters. The molecule has 30 heavy (non-hydrogen) atoms. The SMILES string of the molecule is CC[C@H](C(=O)Nc1ccc(N2CCCCC2)cc1)N(c1ccc(Cl)cc1)S(C)(=O)=O. The van der Waals surface area contributed by atoms with Gasteiger partial charge in [-0.2, -0.15) is 0 Å². The van der Waals surface area contributed by atoms with Crippen LogP contribution in [0.1, 0.15) is 32.6 Å². The fourth-order valence-corrected chi connectivity index (χ4v) is 5.12. The minimum atomic E-state index is -3.68. The largest absolute Gasteiger partial charge is 0.372 e. The topological polar surface area (TPSA) is 69.7 Å². The van der Waals surface area contributed by atoms with Gasteiger partial charge in [0.15, 0.2) is 0 Å². The van der Waals surface area contributed by atoms with Crippen molar-refractivity contribution in [2.24, 2.45) is 0 Å². The zero-order valence-electron chi connectivity index (χ0n) is 17.3. The van der Waals surface area contributed by atoms with Gasteiger partial charge in [0.05, 0.1) is 11.9 Å². The van der Waals surface area contributed by atoms with Crippen LogP contribution in [0.15, 0.2) is 48.5 Å². The van der Waals surface area contributed by atoms with Crippen LogP contribution in [0.3, 0.4) is 0 Å². The van der Waals surface area contributed by atoms with Gasteiger partial charge in [0.1, 0.15) is 6.04 Å². The van der Waals surface area contributed by atoms with E-state index >= 15 is 0 Å². The van der Waals surface area contributed by atoms with E-state index in [1.165, 1.54) is 19.3 Å². The molecule has 8 heteroatoms. The average Bonchev–Trinajstić information content (AvgIpc) is 2.73. The summed E-state index contributed by atoms with van der Waals surface area (Å²) in [4.78, 5) is 15.3. The summed E-state index contributed by atoms with van der Waals surface area (Å²) >= 11 is 5.93. The summed E-state index contributed by atoms with van der Waals surface area (Å²) < 4.78 is 26.2. The quantitative estimate of drug-likeness (QED) is 0.675. The number of halogens is 1. The molecule has 0 aromatic heterocycles. The van der Waals surface area contributed by atoms with Gasteiger partial charge in [-0.1, -0.05) is 18.5 Å². The highest BCUT2D eigenvalue weighted by atomic mass is 35.5. The van der Waals surface area contributed by atoms with Gasteiger partial charge in [0.25, 0.3) is 0 Å². The third-order valence-electron chi connectivity index (χ3n) is 5.27. The fourth-order valence-electron chi connectivity index (χ4n) is 3.78. The molecule has 3 rings (SSSR count). The van der Waals surface area contributed by atoms with E-state index in [1.807, 2.05) is 24.3 Å².